The highest BCUT2D eigenvalue weighted by molar-refractivity contribution is 5.74. The van der Waals surface area contributed by atoms with Crippen molar-refractivity contribution < 1.29 is 29.7 Å². The molecule has 86 valence electrons. The topological polar surface area (TPSA) is 112 Å². The van der Waals surface area contributed by atoms with Gasteiger partial charge in [-0.3, -0.25) is 14.4 Å². The summed E-state index contributed by atoms with van der Waals surface area (Å²) in [6.45, 7) is 1.40. The molecule has 0 saturated heterocycles. The fourth-order valence-corrected chi connectivity index (χ4v) is 1.17. The van der Waals surface area contributed by atoms with Gasteiger partial charge >= 0.3 is 17.9 Å². The van der Waals surface area contributed by atoms with Crippen molar-refractivity contribution in [1.29, 1.82) is 0 Å². The highest BCUT2D eigenvalue weighted by Crippen LogP contribution is 2.18. The maximum Gasteiger partial charge on any atom is 0.306 e. The Balaban J connectivity index is 4.22. The molecule has 0 spiro atoms. The van der Waals surface area contributed by atoms with Crippen LogP contribution in [0.2, 0.25) is 0 Å². The van der Waals surface area contributed by atoms with Crippen LogP contribution in [-0.2, 0) is 14.4 Å². The molecular weight excluding hydrogens is 204 g/mol. The minimum Gasteiger partial charge on any atom is -0.481 e. The molecule has 0 aliphatic heterocycles. The van der Waals surface area contributed by atoms with Gasteiger partial charge in [-0.25, -0.2) is 0 Å². The zero-order valence-electron chi connectivity index (χ0n) is 8.34. The number of carboxylic acid groups (broad SMARTS) is 3. The number of carbonyl (C=O) groups is 3. The predicted molar refractivity (Wildman–Crippen MR) is 49.4 cm³/mol. The number of carboxylic acids is 3. The van der Waals surface area contributed by atoms with E-state index in [1.807, 2.05) is 0 Å². The minimum absolute atomic E-state index is 0.0394. The molecule has 15 heavy (non-hydrogen) atoms. The summed E-state index contributed by atoms with van der Waals surface area (Å²) in [6, 6.07) is 0. The summed E-state index contributed by atoms with van der Waals surface area (Å²) in [5.41, 5.74) is 0. The zero-order valence-corrected chi connectivity index (χ0v) is 8.34. The quantitative estimate of drug-likeness (QED) is 0.578. The maximum absolute atomic E-state index is 10.7. The van der Waals surface area contributed by atoms with Gasteiger partial charge in [0, 0.05) is 6.42 Å². The largest absolute Gasteiger partial charge is 0.481 e. The van der Waals surface area contributed by atoms with E-state index in [1.54, 1.807) is 0 Å². The lowest BCUT2D eigenvalue weighted by Gasteiger charge is -2.13. The van der Waals surface area contributed by atoms with Crippen LogP contribution in [0.3, 0.4) is 0 Å². The van der Waals surface area contributed by atoms with Gasteiger partial charge < -0.3 is 15.3 Å². The lowest BCUT2D eigenvalue weighted by molar-refractivity contribution is -0.145. The van der Waals surface area contributed by atoms with E-state index in [-0.39, 0.29) is 19.3 Å². The van der Waals surface area contributed by atoms with Crippen LogP contribution in [0.15, 0.2) is 0 Å². The molecular formula is C9H14O6. The Morgan fingerprint density at radius 1 is 1.07 bits per heavy atom. The Bertz CT molecular complexity index is 259. The molecule has 2 unspecified atom stereocenters. The molecule has 0 aliphatic rings. The molecule has 6 heteroatoms. The molecule has 0 aromatic carbocycles. The SMILES string of the molecule is CC(CC(CCC(=O)O)C(=O)O)C(=O)O. The van der Waals surface area contributed by atoms with Gasteiger partial charge in [0.1, 0.15) is 0 Å². The first kappa shape index (κ1) is 13.4. The molecule has 3 N–H and O–H groups in total. The minimum atomic E-state index is -1.15. The summed E-state index contributed by atoms with van der Waals surface area (Å²) in [4.78, 5) is 31.4. The van der Waals surface area contributed by atoms with Gasteiger partial charge in [-0.1, -0.05) is 6.92 Å². The summed E-state index contributed by atoms with van der Waals surface area (Å²) in [7, 11) is 0. The Labute approximate surface area is 86.5 Å². The van der Waals surface area contributed by atoms with Crippen molar-refractivity contribution >= 4 is 17.9 Å². The Kier molecular flexibility index (Phi) is 5.36. The van der Waals surface area contributed by atoms with Crippen LogP contribution >= 0.6 is 0 Å². The van der Waals surface area contributed by atoms with E-state index in [4.69, 9.17) is 15.3 Å². The highest BCUT2D eigenvalue weighted by atomic mass is 16.4. The monoisotopic (exact) mass is 218 g/mol. The average Bonchev–Trinajstić information content (AvgIpc) is 2.10. The molecule has 0 heterocycles. The van der Waals surface area contributed by atoms with Crippen molar-refractivity contribution in [2.75, 3.05) is 0 Å². The number of rotatable bonds is 7. The van der Waals surface area contributed by atoms with Gasteiger partial charge in [0.2, 0.25) is 0 Å². The Morgan fingerprint density at radius 2 is 1.60 bits per heavy atom. The summed E-state index contributed by atoms with van der Waals surface area (Å²) in [5, 5.41) is 25.7. The summed E-state index contributed by atoms with van der Waals surface area (Å²) >= 11 is 0. The third-order valence-electron chi connectivity index (χ3n) is 2.12. The summed E-state index contributed by atoms with van der Waals surface area (Å²) in [5.74, 6) is -4.99. The molecule has 0 fully saturated rings. The van der Waals surface area contributed by atoms with Crippen LogP contribution < -0.4 is 0 Å². The van der Waals surface area contributed by atoms with Crippen LogP contribution in [0.4, 0.5) is 0 Å². The fraction of sp³-hybridized carbons (Fsp3) is 0.667. The van der Waals surface area contributed by atoms with E-state index in [0.717, 1.165) is 0 Å². The smallest absolute Gasteiger partial charge is 0.306 e. The van der Waals surface area contributed by atoms with Gasteiger partial charge in [-0.2, -0.15) is 0 Å². The molecule has 0 saturated carbocycles. The van der Waals surface area contributed by atoms with Gasteiger partial charge in [-0.15, -0.1) is 0 Å². The lowest BCUT2D eigenvalue weighted by atomic mass is 9.92. The van der Waals surface area contributed by atoms with Crippen LogP contribution in [0.25, 0.3) is 0 Å². The molecule has 0 aromatic rings. The van der Waals surface area contributed by atoms with Crippen molar-refractivity contribution in [3.63, 3.8) is 0 Å². The standard InChI is InChI=1S/C9H14O6/c1-5(8(12)13)4-6(9(14)15)2-3-7(10)11/h5-6H,2-4H2,1H3,(H,10,11)(H,12,13)(H,14,15). The zero-order chi connectivity index (χ0) is 12.0. The molecule has 0 amide bonds. The molecule has 0 radical (unpaired) electrons. The van der Waals surface area contributed by atoms with E-state index < -0.39 is 29.7 Å². The van der Waals surface area contributed by atoms with Crippen molar-refractivity contribution in [1.82, 2.24) is 0 Å². The molecule has 0 bridgehead atoms. The van der Waals surface area contributed by atoms with E-state index in [9.17, 15) is 14.4 Å². The molecule has 0 rings (SSSR count). The van der Waals surface area contributed by atoms with Gasteiger partial charge in [0.05, 0.1) is 11.8 Å². The molecule has 6 nitrogen and oxygen atoms in total. The Hall–Kier alpha value is -1.59. The van der Waals surface area contributed by atoms with Crippen LogP contribution in [0.1, 0.15) is 26.2 Å². The maximum atomic E-state index is 10.7. The van der Waals surface area contributed by atoms with Crippen LogP contribution in [-0.4, -0.2) is 33.2 Å². The predicted octanol–water partition coefficient (Wildman–Crippen LogP) is 0.663. The van der Waals surface area contributed by atoms with E-state index in [0.29, 0.717) is 0 Å². The number of hydrogen-bond donors (Lipinski definition) is 3. The normalized spacial score (nSPS) is 14.2. The van der Waals surface area contributed by atoms with E-state index in [2.05, 4.69) is 0 Å². The van der Waals surface area contributed by atoms with Crippen molar-refractivity contribution in [3.8, 4) is 0 Å². The molecule has 0 aliphatic carbocycles. The molecule has 2 atom stereocenters. The second-order valence-corrected chi connectivity index (χ2v) is 3.44. The van der Waals surface area contributed by atoms with Crippen molar-refractivity contribution in [2.45, 2.75) is 26.2 Å². The first-order valence-electron chi connectivity index (χ1n) is 4.52. The third-order valence-corrected chi connectivity index (χ3v) is 2.12. The van der Waals surface area contributed by atoms with Crippen molar-refractivity contribution in [3.05, 3.63) is 0 Å². The lowest BCUT2D eigenvalue weighted by Crippen LogP contribution is -2.21. The first-order chi connectivity index (χ1) is 6.84. The highest BCUT2D eigenvalue weighted by Gasteiger charge is 2.24. The fourth-order valence-electron chi connectivity index (χ4n) is 1.17. The van der Waals surface area contributed by atoms with E-state index in [1.165, 1.54) is 6.92 Å². The molecule has 0 aromatic heterocycles. The van der Waals surface area contributed by atoms with Crippen LogP contribution in [0.5, 0.6) is 0 Å². The van der Waals surface area contributed by atoms with Crippen LogP contribution in [0, 0.1) is 11.8 Å². The van der Waals surface area contributed by atoms with Gasteiger partial charge in [0.25, 0.3) is 0 Å². The average molecular weight is 218 g/mol. The van der Waals surface area contributed by atoms with Gasteiger partial charge in [0.15, 0.2) is 0 Å². The van der Waals surface area contributed by atoms with E-state index >= 15 is 0 Å². The summed E-state index contributed by atoms with van der Waals surface area (Å²) in [6.07, 6.45) is -0.344. The van der Waals surface area contributed by atoms with Crippen molar-refractivity contribution in [2.24, 2.45) is 11.8 Å². The first-order valence-corrected chi connectivity index (χ1v) is 4.52. The Morgan fingerprint density at radius 3 is 1.93 bits per heavy atom. The second-order valence-electron chi connectivity index (χ2n) is 3.44. The summed E-state index contributed by atoms with van der Waals surface area (Å²) < 4.78 is 0. The third kappa shape index (κ3) is 5.66. The van der Waals surface area contributed by atoms with Gasteiger partial charge in [-0.05, 0) is 12.8 Å². The number of aliphatic carboxylic acids is 3. The number of hydrogen-bond acceptors (Lipinski definition) is 3. The second kappa shape index (κ2) is 6.00.